The number of nitrogens with zero attached hydrogens (tertiary/aromatic N) is 1. The van der Waals surface area contributed by atoms with E-state index in [9.17, 15) is 10.0 Å². The van der Waals surface area contributed by atoms with Gasteiger partial charge < -0.3 is 19.2 Å². The third-order valence-electron chi connectivity index (χ3n) is 7.11. The van der Waals surface area contributed by atoms with E-state index < -0.39 is 18.3 Å². The van der Waals surface area contributed by atoms with Crippen LogP contribution in [0.5, 0.6) is 0 Å². The van der Waals surface area contributed by atoms with Gasteiger partial charge in [-0.25, -0.2) is 0 Å². The van der Waals surface area contributed by atoms with Gasteiger partial charge in [0.1, 0.15) is 0 Å². The molecule has 3 aromatic rings. The highest BCUT2D eigenvalue weighted by molar-refractivity contribution is 6.30. The van der Waals surface area contributed by atoms with Crippen LogP contribution in [0.15, 0.2) is 72.8 Å². The van der Waals surface area contributed by atoms with E-state index in [2.05, 4.69) is 97.5 Å². The Morgan fingerprint density at radius 1 is 0.694 bits per heavy atom. The topological polar surface area (TPSA) is 52.5 Å². The summed E-state index contributed by atoms with van der Waals surface area (Å²) in [6.07, 6.45) is 3.46. The summed E-state index contributed by atoms with van der Waals surface area (Å²) in [7, 11) is 6.38. The molecule has 4 rings (SSSR count). The molecule has 0 bridgehead atoms. The first-order valence-corrected chi connectivity index (χ1v) is 12.9. The summed E-state index contributed by atoms with van der Waals surface area (Å²) in [4.78, 5) is 0. The summed E-state index contributed by atoms with van der Waals surface area (Å²) in [6.45, 7) is 6.31. The quantitative estimate of drug-likeness (QED) is 0.405. The smallest absolute Gasteiger partial charge is 0.343 e. The number of quaternary nitrogens is 1. The zero-order chi connectivity index (χ0) is 26.6. The molecule has 0 saturated heterocycles. The Hall–Kier alpha value is -2.44. The summed E-state index contributed by atoms with van der Waals surface area (Å²) in [5.41, 5.74) is 5.12. The van der Waals surface area contributed by atoms with Crippen molar-refractivity contribution in [2.24, 2.45) is 0 Å². The van der Waals surface area contributed by atoms with Gasteiger partial charge in [0.2, 0.25) is 0 Å². The number of rotatable bonds is 5. The molecule has 3 aromatic carbocycles. The molecular weight excluding hydrogens is 445 g/mol. The largest absolute Gasteiger partial charge is 0.832 e. The maximum atomic E-state index is 12.3. The van der Waals surface area contributed by atoms with Gasteiger partial charge in [-0.05, 0) is 67.0 Å². The molecule has 0 radical (unpaired) electrons. The number of hydrogen-bond donors (Lipinski definition) is 1. The van der Waals surface area contributed by atoms with Crippen LogP contribution in [0, 0.1) is 20.8 Å². The van der Waals surface area contributed by atoms with Crippen molar-refractivity contribution in [1.82, 2.24) is 0 Å². The first-order chi connectivity index (χ1) is 16.9. The monoisotopic (exact) mass is 487 g/mol. The van der Waals surface area contributed by atoms with Crippen molar-refractivity contribution in [3.63, 3.8) is 0 Å². The summed E-state index contributed by atoms with van der Waals surface area (Å²) in [5, 5.41) is 22.4. The predicted octanol–water partition coefficient (Wildman–Crippen LogP) is 5.04. The lowest BCUT2D eigenvalue weighted by molar-refractivity contribution is -0.849. The van der Waals surface area contributed by atoms with Crippen LogP contribution in [0.4, 0.5) is 0 Å². The minimum atomic E-state index is -2.12. The highest BCUT2D eigenvalue weighted by Gasteiger charge is 2.58. The van der Waals surface area contributed by atoms with Gasteiger partial charge in [-0.2, -0.15) is 0 Å². The third-order valence-corrected chi connectivity index (χ3v) is 7.11. The lowest BCUT2D eigenvalue weighted by Gasteiger charge is -2.57. The third kappa shape index (κ3) is 5.76. The van der Waals surface area contributed by atoms with Crippen molar-refractivity contribution in [3.05, 3.63) is 106 Å². The van der Waals surface area contributed by atoms with E-state index in [0.29, 0.717) is 6.42 Å². The number of aryl methyl sites for hydroxylation is 3. The van der Waals surface area contributed by atoms with E-state index in [1.807, 2.05) is 24.3 Å². The molecule has 1 unspecified atom stereocenters. The summed E-state index contributed by atoms with van der Waals surface area (Å²) >= 11 is 0. The molecule has 1 aliphatic carbocycles. The Morgan fingerprint density at radius 2 is 1.06 bits per heavy atom. The molecule has 0 heterocycles. The minimum absolute atomic E-state index is 0.598. The number of hydrogen-bond acceptors (Lipinski definition) is 3. The Labute approximate surface area is 218 Å². The molecule has 192 valence electrons. The fourth-order valence-electron chi connectivity index (χ4n) is 5.92. The second-order valence-electron chi connectivity index (χ2n) is 11.5. The van der Waals surface area contributed by atoms with Crippen LogP contribution in [0.25, 0.3) is 0 Å². The Morgan fingerprint density at radius 3 is 1.44 bits per heavy atom. The Balaban J connectivity index is 0.000000658. The van der Waals surface area contributed by atoms with Crippen LogP contribution < -0.4 is 5.02 Å². The standard InChI is InChI=1S/C27H30BO3.C4H12N/c1-20-12-4-7-15-23(20)26(24-16-8-5-13-21(24)2)18-10-11-19-27(26,31-28(29)30)25-17-9-6-14-22(25)3;1-5(2,3)4/h4-9,12-17,29H,10-11,18-19H2,1-3H3;1-4H3/q-1;+1. The van der Waals surface area contributed by atoms with Crippen molar-refractivity contribution >= 4 is 7.32 Å². The van der Waals surface area contributed by atoms with E-state index in [-0.39, 0.29) is 0 Å². The van der Waals surface area contributed by atoms with Crippen LogP contribution in [-0.4, -0.2) is 45.0 Å². The van der Waals surface area contributed by atoms with Crippen molar-refractivity contribution in [3.8, 4) is 0 Å². The van der Waals surface area contributed by atoms with Crippen LogP contribution >= 0.6 is 0 Å². The second-order valence-corrected chi connectivity index (χ2v) is 11.5. The van der Waals surface area contributed by atoms with Gasteiger partial charge >= 0.3 is 7.32 Å². The predicted molar refractivity (Wildman–Crippen MR) is 147 cm³/mol. The minimum Gasteiger partial charge on any atom is -0.832 e. The zero-order valence-electron chi connectivity index (χ0n) is 23.0. The maximum Gasteiger partial charge on any atom is 0.343 e. The fourth-order valence-corrected chi connectivity index (χ4v) is 5.92. The van der Waals surface area contributed by atoms with Crippen molar-refractivity contribution in [1.29, 1.82) is 0 Å². The van der Waals surface area contributed by atoms with Crippen LogP contribution in [0.2, 0.25) is 0 Å². The molecule has 1 atom stereocenters. The zero-order valence-corrected chi connectivity index (χ0v) is 23.0. The fraction of sp³-hybridized carbons (Fsp3) is 0.419. The van der Waals surface area contributed by atoms with E-state index in [4.69, 9.17) is 4.65 Å². The molecule has 0 spiro atoms. The molecule has 5 heteroatoms. The molecule has 1 fully saturated rings. The highest BCUT2D eigenvalue weighted by atomic mass is 16.6. The Bertz CT molecular complexity index is 1100. The molecule has 0 amide bonds. The molecule has 1 aliphatic rings. The van der Waals surface area contributed by atoms with Crippen LogP contribution in [0.1, 0.15) is 59.1 Å². The molecular formula is C31H42BNO3. The molecule has 4 nitrogen and oxygen atoms in total. The van der Waals surface area contributed by atoms with E-state index in [0.717, 1.165) is 57.1 Å². The van der Waals surface area contributed by atoms with Gasteiger partial charge in [0, 0.05) is 0 Å². The first-order valence-electron chi connectivity index (χ1n) is 12.9. The van der Waals surface area contributed by atoms with Gasteiger partial charge in [-0.1, -0.05) is 85.6 Å². The lowest BCUT2D eigenvalue weighted by atomic mass is 9.52. The van der Waals surface area contributed by atoms with Crippen molar-refractivity contribution in [2.45, 2.75) is 57.5 Å². The average Bonchev–Trinajstić information content (AvgIpc) is 2.79. The molecule has 1 N–H and O–H groups in total. The van der Waals surface area contributed by atoms with Gasteiger partial charge in [0.15, 0.2) is 0 Å². The SMILES string of the molecule is C[N+](C)(C)C.Cc1ccccc1C1(OB([O-])O)CCCCC1(c1ccccc1C)c1ccccc1C. The molecule has 0 aromatic heterocycles. The average molecular weight is 487 g/mol. The molecule has 36 heavy (non-hydrogen) atoms. The van der Waals surface area contributed by atoms with Gasteiger partial charge in [-0.3, -0.25) is 0 Å². The first kappa shape index (κ1) is 28.1. The van der Waals surface area contributed by atoms with Crippen molar-refractivity contribution < 1.29 is 19.2 Å². The highest BCUT2D eigenvalue weighted by Crippen LogP contribution is 2.59. The normalized spacial score (nSPS) is 19.2. The van der Waals surface area contributed by atoms with Crippen molar-refractivity contribution in [2.75, 3.05) is 28.2 Å². The summed E-state index contributed by atoms with van der Waals surface area (Å²) < 4.78 is 7.18. The lowest BCUT2D eigenvalue weighted by Crippen LogP contribution is -2.59. The maximum absolute atomic E-state index is 12.3. The molecule has 0 aliphatic heterocycles. The van der Waals surface area contributed by atoms with E-state index in [1.165, 1.54) is 0 Å². The summed E-state index contributed by atoms with van der Waals surface area (Å²) in [6, 6.07) is 24.9. The van der Waals surface area contributed by atoms with Gasteiger partial charge in [0.05, 0.1) is 39.2 Å². The van der Waals surface area contributed by atoms with Gasteiger partial charge in [-0.15, -0.1) is 0 Å². The van der Waals surface area contributed by atoms with Gasteiger partial charge in [0.25, 0.3) is 0 Å². The van der Waals surface area contributed by atoms with E-state index >= 15 is 0 Å². The van der Waals surface area contributed by atoms with E-state index in [1.54, 1.807) is 0 Å². The van der Waals surface area contributed by atoms with Crippen LogP contribution in [-0.2, 0) is 15.7 Å². The number of benzene rings is 3. The molecule has 1 saturated carbocycles. The summed E-state index contributed by atoms with van der Waals surface area (Å²) in [5.74, 6) is 0. The Kier molecular flexibility index (Phi) is 8.84. The van der Waals surface area contributed by atoms with Crippen LogP contribution in [0.3, 0.4) is 0 Å². The second kappa shape index (κ2) is 11.3.